The number of ether oxygens (including phenoxy) is 1. The number of nitrogens with two attached hydrogens (primary N) is 1. The summed E-state index contributed by atoms with van der Waals surface area (Å²) in [5, 5.41) is 2.64. The van der Waals surface area contributed by atoms with Gasteiger partial charge in [-0.15, -0.1) is 0 Å². The molecule has 0 aliphatic heterocycles. The van der Waals surface area contributed by atoms with Gasteiger partial charge in [-0.1, -0.05) is 6.07 Å². The molecule has 0 unspecified atom stereocenters. The zero-order valence-electron chi connectivity index (χ0n) is 9.75. The fourth-order valence-electron chi connectivity index (χ4n) is 1.45. The van der Waals surface area contributed by atoms with E-state index in [9.17, 15) is 4.79 Å². The lowest BCUT2D eigenvalue weighted by atomic mass is 10.1. The quantitative estimate of drug-likeness (QED) is 0.723. The van der Waals surface area contributed by atoms with Crippen molar-refractivity contribution < 1.29 is 9.53 Å². The molecule has 16 heavy (non-hydrogen) atoms. The van der Waals surface area contributed by atoms with Gasteiger partial charge in [0.05, 0.1) is 13.1 Å². The van der Waals surface area contributed by atoms with Crippen LogP contribution in [0.25, 0.3) is 0 Å². The number of hydrogen-bond donors (Lipinski definition) is 2. The van der Waals surface area contributed by atoms with E-state index in [1.165, 1.54) is 11.1 Å². The molecule has 0 bridgehead atoms. The monoisotopic (exact) mass is 222 g/mol. The van der Waals surface area contributed by atoms with Crippen LogP contribution in [-0.4, -0.2) is 25.6 Å². The van der Waals surface area contributed by atoms with Gasteiger partial charge in [-0.3, -0.25) is 4.79 Å². The summed E-state index contributed by atoms with van der Waals surface area (Å²) in [6, 6.07) is 6.03. The zero-order chi connectivity index (χ0) is 12.0. The van der Waals surface area contributed by atoms with Gasteiger partial charge in [-0.2, -0.15) is 0 Å². The van der Waals surface area contributed by atoms with Crippen molar-refractivity contribution in [1.82, 2.24) is 5.32 Å². The van der Waals surface area contributed by atoms with Crippen molar-refractivity contribution in [3.05, 3.63) is 29.3 Å². The van der Waals surface area contributed by atoms with Crippen molar-refractivity contribution in [3.63, 3.8) is 0 Å². The Morgan fingerprint density at radius 3 is 2.50 bits per heavy atom. The van der Waals surface area contributed by atoms with Crippen LogP contribution in [0.5, 0.6) is 5.75 Å². The number of nitrogens with one attached hydrogen (secondary N) is 1. The summed E-state index contributed by atoms with van der Waals surface area (Å²) >= 11 is 0. The van der Waals surface area contributed by atoms with Gasteiger partial charge in [0.2, 0.25) is 5.91 Å². The maximum Gasteiger partial charge on any atom is 0.233 e. The normalized spacial score (nSPS) is 9.94. The predicted molar refractivity (Wildman–Crippen MR) is 63.5 cm³/mol. The molecule has 4 heteroatoms. The highest BCUT2D eigenvalue weighted by Gasteiger charge is 1.98. The van der Waals surface area contributed by atoms with Gasteiger partial charge in [0.1, 0.15) is 12.4 Å². The molecule has 0 aromatic heterocycles. The highest BCUT2D eigenvalue weighted by Crippen LogP contribution is 2.15. The molecule has 1 aromatic carbocycles. The summed E-state index contributed by atoms with van der Waals surface area (Å²) in [7, 11) is 0. The van der Waals surface area contributed by atoms with Gasteiger partial charge in [-0.25, -0.2) is 0 Å². The number of benzene rings is 1. The molecule has 0 saturated heterocycles. The van der Waals surface area contributed by atoms with Crippen molar-refractivity contribution in [2.45, 2.75) is 13.8 Å². The van der Waals surface area contributed by atoms with Crippen LogP contribution in [0, 0.1) is 13.8 Å². The van der Waals surface area contributed by atoms with E-state index in [1.807, 2.05) is 26.0 Å². The Hall–Kier alpha value is -1.55. The Kier molecular flexibility index (Phi) is 4.79. The summed E-state index contributed by atoms with van der Waals surface area (Å²) in [5.74, 6) is 0.670. The average molecular weight is 222 g/mol. The van der Waals surface area contributed by atoms with Crippen LogP contribution in [0.15, 0.2) is 18.2 Å². The largest absolute Gasteiger partial charge is 0.492 e. The molecule has 1 amide bonds. The molecule has 0 spiro atoms. The topological polar surface area (TPSA) is 64.3 Å². The standard InChI is InChI=1S/C12H18N2O2/c1-9-5-10(2)7-11(6-9)16-4-3-14-12(15)8-13/h5-7H,3-4,8,13H2,1-2H3,(H,14,15). The number of hydrogen-bond acceptors (Lipinski definition) is 3. The van der Waals surface area contributed by atoms with Crippen molar-refractivity contribution in [1.29, 1.82) is 0 Å². The number of carbonyl (C=O) groups is 1. The molecule has 4 nitrogen and oxygen atoms in total. The van der Waals surface area contributed by atoms with E-state index >= 15 is 0 Å². The van der Waals surface area contributed by atoms with Gasteiger partial charge in [-0.05, 0) is 37.1 Å². The highest BCUT2D eigenvalue weighted by molar-refractivity contribution is 5.77. The van der Waals surface area contributed by atoms with Crippen molar-refractivity contribution in [2.24, 2.45) is 5.73 Å². The van der Waals surface area contributed by atoms with Gasteiger partial charge < -0.3 is 15.8 Å². The molecule has 1 aromatic rings. The van der Waals surface area contributed by atoms with Crippen LogP contribution >= 0.6 is 0 Å². The van der Waals surface area contributed by atoms with E-state index < -0.39 is 0 Å². The predicted octanol–water partition coefficient (Wildman–Crippen LogP) is 0.757. The first-order chi connectivity index (χ1) is 7.61. The fourth-order valence-corrected chi connectivity index (χ4v) is 1.45. The summed E-state index contributed by atoms with van der Waals surface area (Å²) in [6.45, 7) is 4.99. The number of carbonyl (C=O) groups excluding carboxylic acids is 1. The SMILES string of the molecule is Cc1cc(C)cc(OCCNC(=O)CN)c1. The maximum atomic E-state index is 10.8. The Labute approximate surface area is 95.8 Å². The molecule has 88 valence electrons. The van der Waals surface area contributed by atoms with Crippen molar-refractivity contribution >= 4 is 5.91 Å². The summed E-state index contributed by atoms with van der Waals surface area (Å²) in [4.78, 5) is 10.8. The zero-order valence-corrected chi connectivity index (χ0v) is 9.75. The van der Waals surface area contributed by atoms with Crippen LogP contribution in [0.2, 0.25) is 0 Å². The van der Waals surface area contributed by atoms with Crippen LogP contribution in [0.3, 0.4) is 0 Å². The lowest BCUT2D eigenvalue weighted by molar-refractivity contribution is -0.119. The second-order valence-electron chi connectivity index (χ2n) is 3.73. The van der Waals surface area contributed by atoms with E-state index in [4.69, 9.17) is 10.5 Å². The van der Waals surface area contributed by atoms with Gasteiger partial charge in [0.15, 0.2) is 0 Å². The summed E-state index contributed by atoms with van der Waals surface area (Å²) in [5.41, 5.74) is 7.49. The fraction of sp³-hybridized carbons (Fsp3) is 0.417. The second-order valence-corrected chi connectivity index (χ2v) is 3.73. The van der Waals surface area contributed by atoms with Crippen molar-refractivity contribution in [3.8, 4) is 5.75 Å². The van der Waals surface area contributed by atoms with E-state index in [2.05, 4.69) is 11.4 Å². The van der Waals surface area contributed by atoms with Crippen LogP contribution in [0.4, 0.5) is 0 Å². The minimum Gasteiger partial charge on any atom is -0.492 e. The number of amides is 1. The van der Waals surface area contributed by atoms with E-state index in [-0.39, 0.29) is 12.5 Å². The van der Waals surface area contributed by atoms with Gasteiger partial charge >= 0.3 is 0 Å². The Bertz CT molecular complexity index is 344. The van der Waals surface area contributed by atoms with Crippen LogP contribution in [-0.2, 0) is 4.79 Å². The third-order valence-corrected chi connectivity index (χ3v) is 2.07. The van der Waals surface area contributed by atoms with Gasteiger partial charge in [0, 0.05) is 0 Å². The van der Waals surface area contributed by atoms with Crippen LogP contribution < -0.4 is 15.8 Å². The number of rotatable bonds is 5. The molecule has 0 aliphatic carbocycles. The van der Waals surface area contributed by atoms with E-state index in [1.54, 1.807) is 0 Å². The molecule has 0 radical (unpaired) electrons. The van der Waals surface area contributed by atoms with E-state index in [0.29, 0.717) is 13.2 Å². The molecule has 0 saturated carbocycles. The molecule has 0 aliphatic rings. The molecule has 0 fully saturated rings. The molecular formula is C12H18N2O2. The first-order valence-corrected chi connectivity index (χ1v) is 5.29. The first-order valence-electron chi connectivity index (χ1n) is 5.29. The summed E-state index contributed by atoms with van der Waals surface area (Å²) < 4.78 is 5.51. The lowest BCUT2D eigenvalue weighted by Crippen LogP contribution is -2.33. The molecule has 1 rings (SSSR count). The Balaban J connectivity index is 2.34. The molecule has 3 N–H and O–H groups in total. The minimum atomic E-state index is -0.163. The smallest absolute Gasteiger partial charge is 0.233 e. The Morgan fingerprint density at radius 2 is 1.94 bits per heavy atom. The van der Waals surface area contributed by atoms with Gasteiger partial charge in [0.25, 0.3) is 0 Å². The summed E-state index contributed by atoms with van der Waals surface area (Å²) in [6.07, 6.45) is 0. The average Bonchev–Trinajstić information content (AvgIpc) is 2.22. The van der Waals surface area contributed by atoms with Crippen molar-refractivity contribution in [2.75, 3.05) is 19.7 Å². The minimum absolute atomic E-state index is 0.0174. The molecule has 0 atom stereocenters. The maximum absolute atomic E-state index is 10.8. The first kappa shape index (κ1) is 12.5. The third-order valence-electron chi connectivity index (χ3n) is 2.07. The Morgan fingerprint density at radius 1 is 1.31 bits per heavy atom. The second kappa shape index (κ2) is 6.12. The number of aryl methyl sites for hydroxylation is 2. The third kappa shape index (κ3) is 4.31. The van der Waals surface area contributed by atoms with E-state index in [0.717, 1.165) is 5.75 Å². The lowest BCUT2D eigenvalue weighted by Gasteiger charge is -2.08. The molecule has 0 heterocycles. The van der Waals surface area contributed by atoms with Crippen LogP contribution in [0.1, 0.15) is 11.1 Å². The highest BCUT2D eigenvalue weighted by atomic mass is 16.5. The molecular weight excluding hydrogens is 204 g/mol.